The number of rotatable bonds is 7. The number of anilines is 1. The van der Waals surface area contributed by atoms with Gasteiger partial charge in [-0.15, -0.1) is 0 Å². The summed E-state index contributed by atoms with van der Waals surface area (Å²) in [6.07, 6.45) is 1.33. The topological polar surface area (TPSA) is 77.1 Å². The number of ether oxygens (including phenoxy) is 3. The van der Waals surface area contributed by atoms with Gasteiger partial charge >= 0.3 is 0 Å². The molecule has 0 saturated heterocycles. The van der Waals surface area contributed by atoms with Crippen LogP contribution in [-0.4, -0.2) is 53.0 Å². The van der Waals surface area contributed by atoms with Gasteiger partial charge in [0.15, 0.2) is 6.29 Å². The quantitative estimate of drug-likeness (QED) is 0.539. The molecule has 0 radical (unpaired) electrons. The summed E-state index contributed by atoms with van der Waals surface area (Å²) in [7, 11) is 6.33. The largest absolute Gasteiger partial charge is 0.497 e. The van der Waals surface area contributed by atoms with Crippen molar-refractivity contribution in [1.29, 1.82) is 0 Å². The smallest absolute Gasteiger partial charge is 0.264 e. The first-order chi connectivity index (χ1) is 14.5. The number of hydrogen-bond acceptors (Lipinski definition) is 6. The lowest BCUT2D eigenvalue weighted by Gasteiger charge is -2.27. The summed E-state index contributed by atoms with van der Waals surface area (Å²) in [5, 5.41) is 2.76. The maximum absolute atomic E-state index is 12.9. The van der Waals surface area contributed by atoms with Crippen molar-refractivity contribution >= 4 is 35.3 Å². The van der Waals surface area contributed by atoms with Crippen LogP contribution < -0.4 is 15.0 Å². The van der Waals surface area contributed by atoms with E-state index in [0.717, 1.165) is 16.2 Å². The minimum atomic E-state index is -0.517. The lowest BCUT2D eigenvalue weighted by atomic mass is 10.1. The van der Waals surface area contributed by atoms with E-state index in [9.17, 15) is 9.59 Å². The van der Waals surface area contributed by atoms with Gasteiger partial charge in [-0.3, -0.25) is 9.59 Å². The monoisotopic (exact) mass is 428 g/mol. The number of amides is 2. The van der Waals surface area contributed by atoms with Gasteiger partial charge in [0, 0.05) is 31.7 Å². The molecule has 7 nitrogen and oxygen atoms in total. The highest BCUT2D eigenvalue weighted by molar-refractivity contribution is 8.04. The number of thioether (sulfide) groups is 1. The van der Waals surface area contributed by atoms with E-state index in [4.69, 9.17) is 14.2 Å². The van der Waals surface area contributed by atoms with Crippen LogP contribution in [0.1, 0.15) is 15.9 Å². The third-order valence-corrected chi connectivity index (χ3v) is 5.76. The number of nitrogens with zero attached hydrogens (tertiary/aromatic N) is 1. The fourth-order valence-corrected chi connectivity index (χ4v) is 4.02. The first-order valence-corrected chi connectivity index (χ1v) is 10.1. The van der Waals surface area contributed by atoms with Crippen LogP contribution in [-0.2, 0) is 14.3 Å². The van der Waals surface area contributed by atoms with Gasteiger partial charge in [0.2, 0.25) is 0 Å². The summed E-state index contributed by atoms with van der Waals surface area (Å²) in [6, 6.07) is 12.8. The molecular formula is C22H24N2O5S. The van der Waals surface area contributed by atoms with Gasteiger partial charge in [0.25, 0.3) is 11.8 Å². The number of fused-ring (bicyclic) bond motifs is 1. The standard InChI is InChI=1S/C22H24N2O5S/c1-24-17-12-15(21(25)23-13-20(28-3)29-4)7-10-18(17)30-19(22(24)26)11-14-5-8-16(27-2)9-6-14/h5-12,20H,13H2,1-4H3,(H,23,25)/b19-11-. The Bertz CT molecular complexity index is 955. The van der Waals surface area contributed by atoms with Crippen molar-refractivity contribution in [2.24, 2.45) is 0 Å². The molecule has 2 amide bonds. The molecule has 2 aromatic rings. The van der Waals surface area contributed by atoms with Crippen LogP contribution in [0, 0.1) is 0 Å². The number of hydrogen-bond donors (Lipinski definition) is 1. The zero-order chi connectivity index (χ0) is 21.7. The van der Waals surface area contributed by atoms with Crippen LogP contribution in [0.25, 0.3) is 6.08 Å². The number of carbonyl (C=O) groups excluding carboxylic acids is 2. The van der Waals surface area contributed by atoms with Crippen molar-refractivity contribution in [3.8, 4) is 5.75 Å². The minimum Gasteiger partial charge on any atom is -0.497 e. The maximum Gasteiger partial charge on any atom is 0.264 e. The first kappa shape index (κ1) is 21.9. The zero-order valence-electron chi connectivity index (χ0n) is 17.3. The van der Waals surface area contributed by atoms with Crippen molar-refractivity contribution in [3.63, 3.8) is 0 Å². The molecule has 1 aliphatic rings. The maximum atomic E-state index is 12.9. The van der Waals surface area contributed by atoms with E-state index in [-0.39, 0.29) is 18.4 Å². The molecular weight excluding hydrogens is 404 g/mol. The molecule has 0 aliphatic carbocycles. The average molecular weight is 429 g/mol. The third kappa shape index (κ3) is 4.84. The van der Waals surface area contributed by atoms with E-state index < -0.39 is 6.29 Å². The van der Waals surface area contributed by atoms with Crippen molar-refractivity contribution < 1.29 is 23.8 Å². The van der Waals surface area contributed by atoms with Crippen LogP contribution >= 0.6 is 11.8 Å². The van der Waals surface area contributed by atoms with E-state index in [0.29, 0.717) is 16.2 Å². The van der Waals surface area contributed by atoms with Crippen molar-refractivity contribution in [2.75, 3.05) is 39.8 Å². The van der Waals surface area contributed by atoms with Crippen LogP contribution in [0.3, 0.4) is 0 Å². The van der Waals surface area contributed by atoms with Gasteiger partial charge < -0.3 is 24.4 Å². The number of likely N-dealkylation sites (N-methyl/N-ethyl adjacent to an activating group) is 1. The highest BCUT2D eigenvalue weighted by Crippen LogP contribution is 2.42. The normalized spacial score (nSPS) is 14.8. The van der Waals surface area contributed by atoms with Gasteiger partial charge in [0.05, 0.1) is 24.2 Å². The van der Waals surface area contributed by atoms with Crippen molar-refractivity contribution in [2.45, 2.75) is 11.2 Å². The van der Waals surface area contributed by atoms with E-state index in [1.165, 1.54) is 26.0 Å². The second-order valence-electron chi connectivity index (χ2n) is 6.54. The van der Waals surface area contributed by atoms with Gasteiger partial charge in [-0.25, -0.2) is 0 Å². The molecule has 8 heteroatoms. The lowest BCUT2D eigenvalue weighted by Crippen LogP contribution is -2.34. The SMILES string of the molecule is COc1ccc(/C=C2\Sc3ccc(C(=O)NCC(OC)OC)cc3N(C)C2=O)cc1. The summed E-state index contributed by atoms with van der Waals surface area (Å²) in [5.41, 5.74) is 2.06. The molecule has 3 rings (SSSR count). The molecule has 0 aromatic heterocycles. The first-order valence-electron chi connectivity index (χ1n) is 9.26. The molecule has 30 heavy (non-hydrogen) atoms. The second-order valence-corrected chi connectivity index (χ2v) is 7.63. The molecule has 0 saturated carbocycles. The van der Waals surface area contributed by atoms with Crippen molar-refractivity contribution in [3.05, 3.63) is 58.5 Å². The van der Waals surface area contributed by atoms with Crippen LogP contribution in [0.2, 0.25) is 0 Å². The molecule has 1 heterocycles. The number of methoxy groups -OCH3 is 3. The van der Waals surface area contributed by atoms with E-state index in [1.54, 1.807) is 31.2 Å². The highest BCUT2D eigenvalue weighted by atomic mass is 32.2. The summed E-state index contributed by atoms with van der Waals surface area (Å²) >= 11 is 1.39. The predicted octanol–water partition coefficient (Wildman–Crippen LogP) is 3.15. The zero-order valence-corrected chi connectivity index (χ0v) is 18.1. The fraction of sp³-hybridized carbons (Fsp3) is 0.273. The van der Waals surface area contributed by atoms with Crippen LogP contribution in [0.15, 0.2) is 52.3 Å². The van der Waals surface area contributed by atoms with Crippen LogP contribution in [0.4, 0.5) is 5.69 Å². The van der Waals surface area contributed by atoms with E-state index in [2.05, 4.69) is 5.32 Å². The Morgan fingerprint density at radius 3 is 2.47 bits per heavy atom. The highest BCUT2D eigenvalue weighted by Gasteiger charge is 2.27. The molecule has 2 aromatic carbocycles. The van der Waals surface area contributed by atoms with Gasteiger partial charge in [-0.1, -0.05) is 23.9 Å². The van der Waals surface area contributed by atoms with Gasteiger partial charge in [-0.2, -0.15) is 0 Å². The van der Waals surface area contributed by atoms with Gasteiger partial charge in [-0.05, 0) is 42.0 Å². The molecule has 0 bridgehead atoms. The molecule has 0 atom stereocenters. The summed E-state index contributed by atoms with van der Waals surface area (Å²) in [4.78, 5) is 28.4. The Hall–Kier alpha value is -2.81. The number of carbonyl (C=O) groups is 2. The molecule has 0 unspecified atom stereocenters. The van der Waals surface area contributed by atoms with E-state index >= 15 is 0 Å². The second kappa shape index (κ2) is 9.80. The Kier molecular flexibility index (Phi) is 7.15. The Labute approximate surface area is 180 Å². The Morgan fingerprint density at radius 1 is 1.13 bits per heavy atom. The molecule has 1 aliphatic heterocycles. The molecule has 0 fully saturated rings. The average Bonchev–Trinajstić information content (AvgIpc) is 2.78. The van der Waals surface area contributed by atoms with Gasteiger partial charge in [0.1, 0.15) is 5.75 Å². The van der Waals surface area contributed by atoms with Crippen molar-refractivity contribution in [1.82, 2.24) is 5.32 Å². The third-order valence-electron chi connectivity index (χ3n) is 4.69. The molecule has 0 spiro atoms. The molecule has 158 valence electrons. The molecule has 1 N–H and O–H groups in total. The predicted molar refractivity (Wildman–Crippen MR) is 117 cm³/mol. The number of nitrogens with one attached hydrogen (secondary N) is 1. The summed E-state index contributed by atoms with van der Waals surface area (Å²) < 4.78 is 15.3. The Balaban J connectivity index is 1.79. The summed E-state index contributed by atoms with van der Waals surface area (Å²) in [6.45, 7) is 0.223. The number of benzene rings is 2. The Morgan fingerprint density at radius 2 is 1.83 bits per heavy atom. The lowest BCUT2D eigenvalue weighted by molar-refractivity contribution is -0.114. The fourth-order valence-electron chi connectivity index (χ4n) is 2.93. The summed E-state index contributed by atoms with van der Waals surface area (Å²) in [5.74, 6) is 0.373. The van der Waals surface area contributed by atoms with E-state index in [1.807, 2.05) is 36.4 Å². The minimum absolute atomic E-state index is 0.125. The van der Waals surface area contributed by atoms with Crippen LogP contribution in [0.5, 0.6) is 5.75 Å².